The van der Waals surface area contributed by atoms with Gasteiger partial charge in [0.05, 0.1) is 6.61 Å². The zero-order valence-corrected chi connectivity index (χ0v) is 10.4. The normalized spacial score (nSPS) is 10.4. The molecule has 1 rings (SSSR count). The summed E-state index contributed by atoms with van der Waals surface area (Å²) in [5, 5.41) is 0. The van der Waals surface area contributed by atoms with Crippen LogP contribution in [-0.4, -0.2) is 31.8 Å². The smallest absolute Gasteiger partial charge is 0.166 e. The highest BCUT2D eigenvalue weighted by molar-refractivity contribution is 9.10. The van der Waals surface area contributed by atoms with Crippen LogP contribution in [0.4, 0.5) is 10.2 Å². The van der Waals surface area contributed by atoms with E-state index in [1.807, 2.05) is 11.8 Å². The molecule has 0 saturated carbocycles. The molecular weight excluding hydrogens is 263 g/mol. The van der Waals surface area contributed by atoms with Gasteiger partial charge in [0.2, 0.25) is 0 Å². The van der Waals surface area contributed by atoms with Gasteiger partial charge >= 0.3 is 0 Å². The molecule has 0 saturated heterocycles. The van der Waals surface area contributed by atoms with Crippen LogP contribution in [-0.2, 0) is 4.74 Å². The molecule has 0 aromatic carbocycles. The first kappa shape index (κ1) is 12.4. The van der Waals surface area contributed by atoms with Gasteiger partial charge in [-0.1, -0.05) is 0 Å². The molecule has 5 heteroatoms. The maximum atomic E-state index is 13.5. The van der Waals surface area contributed by atoms with E-state index in [2.05, 4.69) is 20.9 Å². The van der Waals surface area contributed by atoms with Gasteiger partial charge in [-0.2, -0.15) is 0 Å². The highest BCUT2D eigenvalue weighted by Gasteiger charge is 2.11. The molecule has 0 bridgehead atoms. The summed E-state index contributed by atoms with van der Waals surface area (Å²) < 4.78 is 19.1. The first-order chi connectivity index (χ1) is 7.19. The van der Waals surface area contributed by atoms with Crippen molar-refractivity contribution in [3.8, 4) is 0 Å². The Bertz CT molecular complexity index is 322. The fourth-order valence-electron chi connectivity index (χ4n) is 1.26. The molecule has 0 fully saturated rings. The fourth-order valence-corrected chi connectivity index (χ4v) is 1.56. The van der Waals surface area contributed by atoms with E-state index < -0.39 is 0 Å². The van der Waals surface area contributed by atoms with E-state index >= 15 is 0 Å². The average Bonchev–Trinajstić information content (AvgIpc) is 2.21. The molecule has 0 aliphatic carbocycles. The van der Waals surface area contributed by atoms with Crippen molar-refractivity contribution in [2.75, 3.05) is 31.7 Å². The van der Waals surface area contributed by atoms with Crippen molar-refractivity contribution in [1.82, 2.24) is 4.98 Å². The van der Waals surface area contributed by atoms with Crippen molar-refractivity contribution in [1.29, 1.82) is 0 Å². The Morgan fingerprint density at radius 1 is 1.60 bits per heavy atom. The molecule has 1 heterocycles. The lowest BCUT2D eigenvalue weighted by molar-refractivity contribution is 0.205. The van der Waals surface area contributed by atoms with E-state index in [1.54, 1.807) is 13.3 Å². The van der Waals surface area contributed by atoms with E-state index in [9.17, 15) is 4.39 Å². The number of anilines is 1. The number of likely N-dealkylation sites (N-methyl/N-ethyl adjacent to an activating group) is 1. The van der Waals surface area contributed by atoms with Gasteiger partial charge in [0.25, 0.3) is 0 Å². The Kier molecular flexibility index (Phi) is 4.98. The molecule has 0 spiro atoms. The largest absolute Gasteiger partial charge is 0.383 e. The number of nitrogens with zero attached hydrogens (tertiary/aromatic N) is 2. The molecule has 0 unspecified atom stereocenters. The SMILES string of the molecule is CCN(CCOC)c1ncc(Br)cc1F. The van der Waals surface area contributed by atoms with E-state index in [0.717, 1.165) is 0 Å². The molecule has 84 valence electrons. The minimum absolute atomic E-state index is 0.317. The summed E-state index contributed by atoms with van der Waals surface area (Å²) in [6.07, 6.45) is 1.59. The van der Waals surface area contributed by atoms with Crippen LogP contribution in [0.3, 0.4) is 0 Å². The van der Waals surface area contributed by atoms with E-state index in [-0.39, 0.29) is 5.82 Å². The second-order valence-corrected chi connectivity index (χ2v) is 3.95. The molecule has 0 atom stereocenters. The Morgan fingerprint density at radius 2 is 2.33 bits per heavy atom. The van der Waals surface area contributed by atoms with Crippen molar-refractivity contribution in [2.24, 2.45) is 0 Å². The second kappa shape index (κ2) is 6.02. The van der Waals surface area contributed by atoms with E-state index in [4.69, 9.17) is 4.74 Å². The molecule has 1 aromatic heterocycles. The molecule has 0 amide bonds. The zero-order chi connectivity index (χ0) is 11.3. The quantitative estimate of drug-likeness (QED) is 0.826. The van der Waals surface area contributed by atoms with Crippen molar-refractivity contribution in [2.45, 2.75) is 6.92 Å². The Morgan fingerprint density at radius 3 is 2.87 bits per heavy atom. The van der Waals surface area contributed by atoms with Gasteiger partial charge in [-0.3, -0.25) is 0 Å². The third kappa shape index (κ3) is 3.43. The molecule has 1 aromatic rings. The van der Waals surface area contributed by atoms with Crippen LogP contribution in [0.5, 0.6) is 0 Å². The number of halogens is 2. The maximum Gasteiger partial charge on any atom is 0.166 e. The van der Waals surface area contributed by atoms with Crippen LogP contribution in [0.25, 0.3) is 0 Å². The lowest BCUT2D eigenvalue weighted by Gasteiger charge is -2.21. The number of hydrogen-bond acceptors (Lipinski definition) is 3. The third-order valence-electron chi connectivity index (χ3n) is 2.03. The number of pyridine rings is 1. The molecule has 0 radical (unpaired) electrons. The molecule has 0 N–H and O–H groups in total. The standard InChI is InChI=1S/C10H14BrFN2O/c1-3-14(4-5-15-2)10-9(12)6-8(11)7-13-10/h6-7H,3-5H2,1-2H3. The first-order valence-electron chi connectivity index (χ1n) is 4.74. The van der Waals surface area contributed by atoms with Crippen LogP contribution in [0, 0.1) is 5.82 Å². The van der Waals surface area contributed by atoms with Crippen molar-refractivity contribution in [3.05, 3.63) is 22.6 Å². The molecule has 15 heavy (non-hydrogen) atoms. The number of ether oxygens (including phenoxy) is 1. The topological polar surface area (TPSA) is 25.4 Å². The van der Waals surface area contributed by atoms with Gasteiger partial charge in [-0.25, -0.2) is 9.37 Å². The minimum atomic E-state index is -0.317. The van der Waals surface area contributed by atoms with Crippen LogP contribution in [0.15, 0.2) is 16.7 Å². The molecule has 0 aliphatic rings. The summed E-state index contributed by atoms with van der Waals surface area (Å²) in [7, 11) is 1.62. The molecular formula is C10H14BrFN2O. The summed E-state index contributed by atoms with van der Waals surface area (Å²) in [6, 6.07) is 1.41. The fraction of sp³-hybridized carbons (Fsp3) is 0.500. The highest BCUT2D eigenvalue weighted by atomic mass is 79.9. The van der Waals surface area contributed by atoms with Crippen LogP contribution in [0.2, 0.25) is 0 Å². The predicted molar refractivity (Wildman–Crippen MR) is 61.7 cm³/mol. The Balaban J connectivity index is 2.81. The van der Waals surface area contributed by atoms with Crippen LogP contribution < -0.4 is 4.90 Å². The Labute approximate surface area is 97.4 Å². The third-order valence-corrected chi connectivity index (χ3v) is 2.47. The summed E-state index contributed by atoms with van der Waals surface area (Å²) in [5.74, 6) is 0.0556. The number of methoxy groups -OCH3 is 1. The van der Waals surface area contributed by atoms with Gasteiger partial charge in [0, 0.05) is 30.9 Å². The van der Waals surface area contributed by atoms with Crippen molar-refractivity contribution in [3.63, 3.8) is 0 Å². The first-order valence-corrected chi connectivity index (χ1v) is 5.53. The van der Waals surface area contributed by atoms with Crippen LogP contribution >= 0.6 is 15.9 Å². The average molecular weight is 277 g/mol. The van der Waals surface area contributed by atoms with Crippen molar-refractivity contribution >= 4 is 21.7 Å². The van der Waals surface area contributed by atoms with Crippen molar-refractivity contribution < 1.29 is 9.13 Å². The summed E-state index contributed by atoms with van der Waals surface area (Å²) in [5.41, 5.74) is 0. The van der Waals surface area contributed by atoms with Gasteiger partial charge in [0.15, 0.2) is 11.6 Å². The molecule has 0 aliphatic heterocycles. The van der Waals surface area contributed by atoms with Crippen LogP contribution in [0.1, 0.15) is 6.92 Å². The monoisotopic (exact) mass is 276 g/mol. The number of aromatic nitrogens is 1. The minimum Gasteiger partial charge on any atom is -0.383 e. The zero-order valence-electron chi connectivity index (χ0n) is 8.83. The Hall–Kier alpha value is -0.680. The maximum absolute atomic E-state index is 13.5. The van der Waals surface area contributed by atoms with Gasteiger partial charge in [0.1, 0.15) is 0 Å². The molecule has 3 nitrogen and oxygen atoms in total. The summed E-state index contributed by atoms with van der Waals surface area (Å²) in [6.45, 7) is 3.86. The highest BCUT2D eigenvalue weighted by Crippen LogP contribution is 2.19. The predicted octanol–water partition coefficient (Wildman–Crippen LogP) is 2.46. The second-order valence-electron chi connectivity index (χ2n) is 3.03. The summed E-state index contributed by atoms with van der Waals surface area (Å²) in [4.78, 5) is 5.89. The van der Waals surface area contributed by atoms with Gasteiger partial charge in [-0.05, 0) is 28.9 Å². The lowest BCUT2D eigenvalue weighted by Crippen LogP contribution is -2.28. The summed E-state index contributed by atoms with van der Waals surface area (Å²) >= 11 is 3.17. The van der Waals surface area contributed by atoms with E-state index in [0.29, 0.717) is 30.0 Å². The van der Waals surface area contributed by atoms with Gasteiger partial charge in [-0.15, -0.1) is 0 Å². The lowest BCUT2D eigenvalue weighted by atomic mass is 10.4. The van der Waals surface area contributed by atoms with Gasteiger partial charge < -0.3 is 9.64 Å². The number of rotatable bonds is 5. The van der Waals surface area contributed by atoms with E-state index in [1.165, 1.54) is 6.07 Å². The number of hydrogen-bond donors (Lipinski definition) is 0.